The van der Waals surface area contributed by atoms with Gasteiger partial charge in [0.05, 0.1) is 0 Å². The van der Waals surface area contributed by atoms with Gasteiger partial charge in [0.1, 0.15) is 11.9 Å². The number of carbonyl (C=O) groups is 2. The molecule has 0 aromatic rings. The van der Waals surface area contributed by atoms with E-state index in [2.05, 4.69) is 27.7 Å². The molecule has 0 bridgehead atoms. The largest absolute Gasteiger partial charge is 0.462 e. The maximum atomic E-state index is 12.7. The van der Waals surface area contributed by atoms with Gasteiger partial charge >= 0.3 is 5.97 Å². The van der Waals surface area contributed by atoms with E-state index >= 15 is 0 Å². The van der Waals surface area contributed by atoms with Crippen LogP contribution in [0.3, 0.4) is 0 Å². The van der Waals surface area contributed by atoms with Crippen molar-refractivity contribution in [2.75, 3.05) is 0 Å². The Morgan fingerprint density at radius 2 is 0.886 bits per heavy atom. The summed E-state index contributed by atoms with van der Waals surface area (Å²) in [6.45, 7) is 15.0. The van der Waals surface area contributed by atoms with E-state index < -0.39 is 0 Å². The lowest BCUT2D eigenvalue weighted by Crippen LogP contribution is -2.26. The van der Waals surface area contributed by atoms with Crippen molar-refractivity contribution in [2.45, 2.75) is 247 Å². The van der Waals surface area contributed by atoms with Crippen molar-refractivity contribution in [1.82, 2.24) is 0 Å². The first-order chi connectivity index (χ1) is 21.3. The van der Waals surface area contributed by atoms with E-state index in [1.165, 1.54) is 148 Å². The molecule has 3 heteroatoms. The number of hydrogen-bond acceptors (Lipinski definition) is 3. The average molecular weight is 623 g/mol. The number of unbranched alkanes of at least 4 members (excludes halogenated alkanes) is 22. The Hall–Kier alpha value is -0.860. The maximum absolute atomic E-state index is 12.7. The second-order valence-electron chi connectivity index (χ2n) is 14.4. The van der Waals surface area contributed by atoms with Crippen molar-refractivity contribution >= 4 is 11.8 Å². The van der Waals surface area contributed by atoms with Crippen molar-refractivity contribution in [2.24, 2.45) is 5.41 Å². The summed E-state index contributed by atoms with van der Waals surface area (Å²) < 4.78 is 6.11. The summed E-state index contributed by atoms with van der Waals surface area (Å²) in [5, 5.41) is 0. The number of esters is 1. The van der Waals surface area contributed by atoms with Gasteiger partial charge in [-0.1, -0.05) is 183 Å². The van der Waals surface area contributed by atoms with E-state index in [0.29, 0.717) is 12.2 Å². The molecule has 44 heavy (non-hydrogen) atoms. The third-order valence-corrected chi connectivity index (χ3v) is 9.07. The zero-order valence-corrected chi connectivity index (χ0v) is 31.5. The van der Waals surface area contributed by atoms with Crippen molar-refractivity contribution in [3.05, 3.63) is 0 Å². The van der Waals surface area contributed by atoms with Gasteiger partial charge in [0, 0.05) is 12.8 Å². The summed E-state index contributed by atoms with van der Waals surface area (Å²) in [6, 6.07) is 0. The van der Waals surface area contributed by atoms with Crippen LogP contribution in [-0.2, 0) is 14.3 Å². The van der Waals surface area contributed by atoms with Gasteiger partial charge in [-0.05, 0) is 50.9 Å². The van der Waals surface area contributed by atoms with Crippen LogP contribution in [-0.4, -0.2) is 17.9 Å². The molecule has 0 rings (SSSR count). The average Bonchev–Trinajstić information content (AvgIpc) is 2.99. The summed E-state index contributed by atoms with van der Waals surface area (Å²) in [4.78, 5) is 23.8. The first kappa shape index (κ1) is 45.3. The monoisotopic (exact) mass is 623 g/mol. The highest BCUT2D eigenvalue weighted by atomic mass is 16.5. The van der Waals surface area contributed by atoms with Crippen LogP contribution in [0.15, 0.2) is 0 Å². The van der Waals surface area contributed by atoms with E-state index in [-0.39, 0.29) is 17.5 Å². The van der Waals surface area contributed by atoms with Crippen LogP contribution in [0.2, 0.25) is 0 Å². The Morgan fingerprint density at radius 3 is 1.32 bits per heavy atom. The lowest BCUT2D eigenvalue weighted by molar-refractivity contribution is -0.151. The minimum atomic E-state index is 0.0338. The van der Waals surface area contributed by atoms with E-state index in [1.807, 2.05) is 13.8 Å². The van der Waals surface area contributed by atoms with E-state index in [9.17, 15) is 9.59 Å². The molecular weight excluding hydrogens is 540 g/mol. The SMILES string of the molecule is CC.CCCCCCCCCCCCCCCCCC(=O)OC(CCCCCC)CC(C)(C)CCCCCCCCC(C)=O. The zero-order chi connectivity index (χ0) is 33.2. The van der Waals surface area contributed by atoms with E-state index in [4.69, 9.17) is 4.74 Å². The molecule has 0 fully saturated rings. The Kier molecular flexibility index (Phi) is 36.0. The first-order valence-corrected chi connectivity index (χ1v) is 20.0. The summed E-state index contributed by atoms with van der Waals surface area (Å²) in [5.74, 6) is 0.350. The molecule has 264 valence electrons. The van der Waals surface area contributed by atoms with Gasteiger partial charge in [-0.2, -0.15) is 0 Å². The Labute approximate surface area is 278 Å². The molecule has 0 radical (unpaired) electrons. The van der Waals surface area contributed by atoms with Crippen LogP contribution in [0.5, 0.6) is 0 Å². The minimum absolute atomic E-state index is 0.0338. The summed E-state index contributed by atoms with van der Waals surface area (Å²) in [6.07, 6.45) is 37.0. The van der Waals surface area contributed by atoms with Crippen LogP contribution in [0.4, 0.5) is 0 Å². The number of hydrogen-bond donors (Lipinski definition) is 0. The van der Waals surface area contributed by atoms with E-state index in [0.717, 1.165) is 38.5 Å². The van der Waals surface area contributed by atoms with Crippen molar-refractivity contribution in [1.29, 1.82) is 0 Å². The van der Waals surface area contributed by atoms with Gasteiger partial charge in [0.15, 0.2) is 0 Å². The van der Waals surface area contributed by atoms with Crippen LogP contribution in [0.1, 0.15) is 241 Å². The molecule has 0 aromatic carbocycles. The van der Waals surface area contributed by atoms with Crippen LogP contribution in [0.25, 0.3) is 0 Å². The van der Waals surface area contributed by atoms with Gasteiger partial charge < -0.3 is 9.53 Å². The molecule has 0 amide bonds. The standard InChI is InChI=1S/C39H76O3.C2H6/c1-6-8-10-12-13-14-15-16-17-18-19-20-21-25-29-33-38(41)42-37(32-28-11-9-7-2)35-39(4,5)34-30-26-23-22-24-27-31-36(3)40;1-2/h37H,6-35H2,1-5H3;1-2H3. The maximum Gasteiger partial charge on any atom is 0.306 e. The third-order valence-electron chi connectivity index (χ3n) is 9.07. The third kappa shape index (κ3) is 35.6. The lowest BCUT2D eigenvalue weighted by Gasteiger charge is -2.30. The van der Waals surface area contributed by atoms with Gasteiger partial charge in [-0.15, -0.1) is 0 Å². The predicted octanol–water partition coefficient (Wildman–Crippen LogP) is 14.3. The molecule has 0 aliphatic carbocycles. The number of carbonyl (C=O) groups excluding carboxylic acids is 2. The smallest absolute Gasteiger partial charge is 0.306 e. The second-order valence-corrected chi connectivity index (χ2v) is 14.4. The van der Waals surface area contributed by atoms with Crippen molar-refractivity contribution in [3.63, 3.8) is 0 Å². The fraction of sp³-hybridized carbons (Fsp3) is 0.951. The Balaban J connectivity index is 0. The Bertz CT molecular complexity index is 597. The molecule has 0 spiro atoms. The molecule has 3 nitrogen and oxygen atoms in total. The normalized spacial score (nSPS) is 12.1. The van der Waals surface area contributed by atoms with Crippen LogP contribution in [0, 0.1) is 5.41 Å². The summed E-state index contributed by atoms with van der Waals surface area (Å²) in [7, 11) is 0. The zero-order valence-electron chi connectivity index (χ0n) is 31.5. The van der Waals surface area contributed by atoms with Gasteiger partial charge in [-0.3, -0.25) is 4.79 Å². The van der Waals surface area contributed by atoms with Crippen molar-refractivity contribution in [3.8, 4) is 0 Å². The molecule has 1 unspecified atom stereocenters. The predicted molar refractivity (Wildman–Crippen MR) is 196 cm³/mol. The molecule has 0 heterocycles. The second kappa shape index (κ2) is 35.0. The van der Waals surface area contributed by atoms with Crippen molar-refractivity contribution < 1.29 is 14.3 Å². The molecule has 0 saturated heterocycles. The molecule has 1 atom stereocenters. The summed E-state index contributed by atoms with van der Waals surface area (Å²) >= 11 is 0. The molecule has 0 aliphatic rings. The topological polar surface area (TPSA) is 43.4 Å². The molecule has 0 N–H and O–H groups in total. The lowest BCUT2D eigenvalue weighted by atomic mass is 9.80. The van der Waals surface area contributed by atoms with Gasteiger partial charge in [-0.25, -0.2) is 0 Å². The Morgan fingerprint density at radius 1 is 0.523 bits per heavy atom. The number of ether oxygens (including phenoxy) is 1. The quantitative estimate of drug-likeness (QED) is 0.0540. The van der Waals surface area contributed by atoms with Gasteiger partial charge in [0.25, 0.3) is 0 Å². The molecular formula is C41H82O3. The number of rotatable bonds is 33. The summed E-state index contributed by atoms with van der Waals surface area (Å²) in [5.41, 5.74) is 0.207. The fourth-order valence-corrected chi connectivity index (χ4v) is 6.29. The first-order valence-electron chi connectivity index (χ1n) is 20.0. The van der Waals surface area contributed by atoms with Gasteiger partial charge in [0.2, 0.25) is 0 Å². The van der Waals surface area contributed by atoms with Crippen LogP contribution < -0.4 is 0 Å². The molecule has 0 saturated carbocycles. The highest BCUT2D eigenvalue weighted by Gasteiger charge is 2.25. The molecule has 0 aromatic heterocycles. The van der Waals surface area contributed by atoms with E-state index in [1.54, 1.807) is 6.92 Å². The highest BCUT2D eigenvalue weighted by Crippen LogP contribution is 2.32. The highest BCUT2D eigenvalue weighted by molar-refractivity contribution is 5.75. The fourth-order valence-electron chi connectivity index (χ4n) is 6.29. The minimum Gasteiger partial charge on any atom is -0.462 e. The van der Waals surface area contributed by atoms with Crippen LogP contribution >= 0.6 is 0 Å². The number of ketones is 1. The molecule has 0 aliphatic heterocycles. The number of Topliss-reactive ketones (excluding diaryl/α,β-unsaturated/α-hetero) is 1.